The molecule has 0 aliphatic rings. The van der Waals surface area contributed by atoms with Crippen LogP contribution in [0, 0.1) is 5.82 Å². The molecule has 0 heterocycles. The van der Waals surface area contributed by atoms with Crippen LogP contribution in [0.1, 0.15) is 25.0 Å². The van der Waals surface area contributed by atoms with Gasteiger partial charge in [0.05, 0.1) is 6.61 Å². The second-order valence-corrected chi connectivity index (χ2v) is 7.67. The summed E-state index contributed by atoms with van der Waals surface area (Å²) in [5.74, 6) is 0.732. The van der Waals surface area contributed by atoms with Crippen molar-refractivity contribution in [3.05, 3.63) is 82.1 Å². The van der Waals surface area contributed by atoms with E-state index in [1.54, 1.807) is 18.2 Å². The van der Waals surface area contributed by atoms with Gasteiger partial charge >= 0.3 is 0 Å². The molecule has 162 valence electrons. The van der Waals surface area contributed by atoms with E-state index in [-0.39, 0.29) is 18.3 Å². The monoisotopic (exact) mass is 486 g/mol. The molecular formula is C24H24BrFN2O3. The third kappa shape index (κ3) is 6.46. The van der Waals surface area contributed by atoms with E-state index >= 15 is 0 Å². The van der Waals surface area contributed by atoms with Crippen LogP contribution in [0.2, 0.25) is 0 Å². The molecule has 0 aromatic heterocycles. The first-order valence-corrected chi connectivity index (χ1v) is 10.7. The normalized spacial score (nSPS) is 10.5. The molecule has 3 rings (SSSR count). The Kier molecular flexibility index (Phi) is 7.89. The van der Waals surface area contributed by atoms with E-state index < -0.39 is 0 Å². The second kappa shape index (κ2) is 10.8. The van der Waals surface area contributed by atoms with E-state index in [0.29, 0.717) is 30.2 Å². The van der Waals surface area contributed by atoms with Crippen molar-refractivity contribution in [2.24, 2.45) is 0 Å². The fourth-order valence-electron chi connectivity index (χ4n) is 2.94. The molecule has 0 bridgehead atoms. The summed E-state index contributed by atoms with van der Waals surface area (Å²) < 4.78 is 26.3. The zero-order chi connectivity index (χ0) is 22.2. The predicted molar refractivity (Wildman–Crippen MR) is 124 cm³/mol. The van der Waals surface area contributed by atoms with Crippen molar-refractivity contribution in [1.29, 1.82) is 0 Å². The molecule has 0 atom stereocenters. The molecule has 0 aliphatic carbocycles. The highest BCUT2D eigenvalue weighted by Crippen LogP contribution is 2.35. The maximum Gasteiger partial charge on any atom is 0.221 e. The van der Waals surface area contributed by atoms with Gasteiger partial charge in [0.1, 0.15) is 12.4 Å². The third-order valence-corrected chi connectivity index (χ3v) is 5.18. The number of hydrogen-bond donors (Lipinski definition) is 2. The number of amides is 1. The van der Waals surface area contributed by atoms with Gasteiger partial charge in [-0.05, 0) is 55.0 Å². The summed E-state index contributed by atoms with van der Waals surface area (Å²) in [5.41, 5.74) is 3.12. The van der Waals surface area contributed by atoms with Crippen molar-refractivity contribution in [3.8, 4) is 11.5 Å². The first kappa shape index (κ1) is 22.6. The Balaban J connectivity index is 1.70. The van der Waals surface area contributed by atoms with E-state index in [2.05, 4.69) is 26.6 Å². The standard InChI is InChI=1S/C24H24BrFN2O3/c1-3-30-23-12-18(14-27-19-8-10-20(11-9-19)28-16(2)29)21(25)13-24(23)31-15-17-6-4-5-7-22(17)26/h4-13,27H,3,14-15H2,1-2H3,(H,28,29). The topological polar surface area (TPSA) is 59.6 Å². The van der Waals surface area contributed by atoms with Gasteiger partial charge in [0.2, 0.25) is 5.91 Å². The zero-order valence-electron chi connectivity index (χ0n) is 17.4. The summed E-state index contributed by atoms with van der Waals surface area (Å²) in [5, 5.41) is 6.09. The number of carbonyl (C=O) groups excluding carboxylic acids is 1. The molecule has 31 heavy (non-hydrogen) atoms. The van der Waals surface area contributed by atoms with Crippen molar-refractivity contribution in [3.63, 3.8) is 0 Å². The molecule has 0 radical (unpaired) electrons. The maximum atomic E-state index is 13.9. The largest absolute Gasteiger partial charge is 0.490 e. The molecule has 3 aromatic rings. The summed E-state index contributed by atoms with van der Waals surface area (Å²) >= 11 is 3.59. The van der Waals surface area contributed by atoms with Crippen molar-refractivity contribution in [2.75, 3.05) is 17.2 Å². The second-order valence-electron chi connectivity index (χ2n) is 6.82. The average Bonchev–Trinajstić information content (AvgIpc) is 2.74. The van der Waals surface area contributed by atoms with Gasteiger partial charge in [-0.3, -0.25) is 4.79 Å². The van der Waals surface area contributed by atoms with Crippen LogP contribution < -0.4 is 20.1 Å². The van der Waals surface area contributed by atoms with Crippen LogP contribution >= 0.6 is 15.9 Å². The van der Waals surface area contributed by atoms with Crippen LogP contribution in [0.15, 0.2) is 65.1 Å². The van der Waals surface area contributed by atoms with Gasteiger partial charge in [-0.1, -0.05) is 34.1 Å². The Morgan fingerprint density at radius 3 is 2.32 bits per heavy atom. The quantitative estimate of drug-likeness (QED) is 0.381. The van der Waals surface area contributed by atoms with Gasteiger partial charge in [-0.25, -0.2) is 4.39 Å². The van der Waals surface area contributed by atoms with E-state index in [4.69, 9.17) is 9.47 Å². The van der Waals surface area contributed by atoms with Crippen LogP contribution in [-0.4, -0.2) is 12.5 Å². The molecular weight excluding hydrogens is 463 g/mol. The molecule has 0 aliphatic heterocycles. The number of rotatable bonds is 9. The Bertz CT molecular complexity index is 1040. The first-order valence-electron chi connectivity index (χ1n) is 9.89. The van der Waals surface area contributed by atoms with E-state index in [0.717, 1.165) is 21.4 Å². The molecule has 3 aromatic carbocycles. The summed E-state index contributed by atoms with van der Waals surface area (Å²) in [7, 11) is 0. The summed E-state index contributed by atoms with van der Waals surface area (Å²) in [6, 6.07) is 17.7. The Morgan fingerprint density at radius 1 is 0.968 bits per heavy atom. The van der Waals surface area contributed by atoms with Crippen molar-refractivity contribution in [2.45, 2.75) is 27.0 Å². The highest BCUT2D eigenvalue weighted by atomic mass is 79.9. The lowest BCUT2D eigenvalue weighted by Gasteiger charge is -2.16. The van der Waals surface area contributed by atoms with Crippen LogP contribution in [0.5, 0.6) is 11.5 Å². The number of hydrogen-bond acceptors (Lipinski definition) is 4. The molecule has 0 spiro atoms. The van der Waals surface area contributed by atoms with Gasteiger partial charge < -0.3 is 20.1 Å². The van der Waals surface area contributed by atoms with Crippen LogP contribution in [0.4, 0.5) is 15.8 Å². The van der Waals surface area contributed by atoms with Crippen LogP contribution in [0.3, 0.4) is 0 Å². The third-order valence-electron chi connectivity index (χ3n) is 4.44. The Morgan fingerprint density at radius 2 is 1.65 bits per heavy atom. The summed E-state index contributed by atoms with van der Waals surface area (Å²) in [6.07, 6.45) is 0. The minimum Gasteiger partial charge on any atom is -0.490 e. The molecule has 0 saturated carbocycles. The van der Waals surface area contributed by atoms with Crippen LogP contribution in [-0.2, 0) is 17.9 Å². The number of anilines is 2. The fraction of sp³-hybridized carbons (Fsp3) is 0.208. The summed E-state index contributed by atoms with van der Waals surface area (Å²) in [4.78, 5) is 11.1. The van der Waals surface area contributed by atoms with Gasteiger partial charge in [0, 0.05) is 34.9 Å². The lowest BCUT2D eigenvalue weighted by Crippen LogP contribution is -2.06. The molecule has 1 amide bonds. The van der Waals surface area contributed by atoms with Gasteiger partial charge in [-0.15, -0.1) is 0 Å². The summed E-state index contributed by atoms with van der Waals surface area (Å²) in [6.45, 7) is 4.51. The SMILES string of the molecule is CCOc1cc(CNc2ccc(NC(C)=O)cc2)c(Br)cc1OCc1ccccc1F. The van der Waals surface area contributed by atoms with E-state index in [1.165, 1.54) is 13.0 Å². The average molecular weight is 487 g/mol. The molecule has 0 saturated heterocycles. The van der Waals surface area contributed by atoms with Crippen molar-refractivity contribution in [1.82, 2.24) is 0 Å². The fourth-order valence-corrected chi connectivity index (χ4v) is 3.40. The van der Waals surface area contributed by atoms with E-state index in [1.807, 2.05) is 43.3 Å². The highest BCUT2D eigenvalue weighted by Gasteiger charge is 2.12. The first-order chi connectivity index (χ1) is 15.0. The Hall–Kier alpha value is -3.06. The zero-order valence-corrected chi connectivity index (χ0v) is 19.0. The number of benzene rings is 3. The Labute approximate surface area is 189 Å². The lowest BCUT2D eigenvalue weighted by atomic mass is 10.2. The molecule has 0 unspecified atom stereocenters. The molecule has 0 fully saturated rings. The molecule has 2 N–H and O–H groups in total. The number of nitrogens with one attached hydrogen (secondary N) is 2. The van der Waals surface area contributed by atoms with Gasteiger partial charge in [-0.2, -0.15) is 0 Å². The number of halogens is 2. The minimum atomic E-state index is -0.301. The number of ether oxygens (including phenoxy) is 2. The molecule has 7 heteroatoms. The van der Waals surface area contributed by atoms with Crippen molar-refractivity contribution < 1.29 is 18.7 Å². The van der Waals surface area contributed by atoms with Crippen LogP contribution in [0.25, 0.3) is 0 Å². The van der Waals surface area contributed by atoms with E-state index in [9.17, 15) is 9.18 Å². The maximum absolute atomic E-state index is 13.9. The smallest absolute Gasteiger partial charge is 0.221 e. The lowest BCUT2D eigenvalue weighted by molar-refractivity contribution is -0.114. The van der Waals surface area contributed by atoms with Gasteiger partial charge in [0.15, 0.2) is 11.5 Å². The highest BCUT2D eigenvalue weighted by molar-refractivity contribution is 9.10. The predicted octanol–water partition coefficient (Wildman–Crippen LogP) is 6.14. The molecule has 5 nitrogen and oxygen atoms in total. The van der Waals surface area contributed by atoms with Gasteiger partial charge in [0.25, 0.3) is 0 Å². The van der Waals surface area contributed by atoms with Crippen molar-refractivity contribution >= 4 is 33.2 Å². The minimum absolute atomic E-state index is 0.106. The number of carbonyl (C=O) groups is 1.